The minimum atomic E-state index is -1.39. The van der Waals surface area contributed by atoms with Crippen LogP contribution >= 0.6 is 11.6 Å². The van der Waals surface area contributed by atoms with E-state index in [9.17, 15) is 18.8 Å². The number of nitrogens with zero attached hydrogens (tertiary/aromatic N) is 1. The van der Waals surface area contributed by atoms with Crippen LogP contribution in [0.25, 0.3) is 0 Å². The van der Waals surface area contributed by atoms with Crippen LogP contribution in [0.15, 0.2) is 48.5 Å². The standard InChI is InChI=1S/C24H27ClFN3O4/c1-15(27-24(32)33)23(31)29(18-11-7-8-16(26)14-18)21(19-12-5-6-13-20(19)25)22(30)28-17-9-3-2-4-10-17/h5-8,11-15,17,21,27H,2-4,9-10H2,1H3,(H,28,30)(H,32,33). The summed E-state index contributed by atoms with van der Waals surface area (Å²) < 4.78 is 14.1. The Morgan fingerprint density at radius 2 is 1.79 bits per heavy atom. The summed E-state index contributed by atoms with van der Waals surface area (Å²) in [6, 6.07) is 9.41. The van der Waals surface area contributed by atoms with Crippen LogP contribution in [0.5, 0.6) is 0 Å². The third-order valence-electron chi connectivity index (χ3n) is 5.69. The molecule has 3 amide bonds. The van der Waals surface area contributed by atoms with Gasteiger partial charge in [-0.05, 0) is 44.0 Å². The number of carbonyl (C=O) groups is 3. The molecule has 1 aliphatic carbocycles. The van der Waals surface area contributed by atoms with Gasteiger partial charge in [0.1, 0.15) is 17.9 Å². The van der Waals surface area contributed by atoms with Gasteiger partial charge in [0, 0.05) is 22.3 Å². The maximum Gasteiger partial charge on any atom is 0.405 e. The largest absolute Gasteiger partial charge is 0.465 e. The molecule has 1 saturated carbocycles. The first-order valence-electron chi connectivity index (χ1n) is 10.9. The van der Waals surface area contributed by atoms with Crippen molar-refractivity contribution in [3.05, 3.63) is 64.9 Å². The van der Waals surface area contributed by atoms with Crippen LogP contribution in [0, 0.1) is 5.82 Å². The summed E-state index contributed by atoms with van der Waals surface area (Å²) >= 11 is 6.44. The van der Waals surface area contributed by atoms with Crippen molar-refractivity contribution in [2.24, 2.45) is 0 Å². The van der Waals surface area contributed by atoms with Gasteiger partial charge in [-0.2, -0.15) is 0 Å². The van der Waals surface area contributed by atoms with E-state index >= 15 is 0 Å². The van der Waals surface area contributed by atoms with Gasteiger partial charge < -0.3 is 15.7 Å². The van der Waals surface area contributed by atoms with Gasteiger partial charge in [-0.25, -0.2) is 9.18 Å². The summed E-state index contributed by atoms with van der Waals surface area (Å²) in [5.41, 5.74) is 0.468. The van der Waals surface area contributed by atoms with Crippen LogP contribution < -0.4 is 15.5 Å². The van der Waals surface area contributed by atoms with Crippen LogP contribution in [-0.4, -0.2) is 35.1 Å². The van der Waals surface area contributed by atoms with Crippen molar-refractivity contribution in [1.29, 1.82) is 0 Å². The predicted octanol–water partition coefficient (Wildman–Crippen LogP) is 4.66. The third kappa shape index (κ3) is 6.22. The van der Waals surface area contributed by atoms with Crippen LogP contribution in [0.3, 0.4) is 0 Å². The SMILES string of the molecule is CC(NC(=O)O)C(=O)N(c1cccc(F)c1)C(C(=O)NC1CCCCC1)c1ccccc1Cl. The molecule has 0 radical (unpaired) electrons. The molecule has 1 aliphatic rings. The first-order chi connectivity index (χ1) is 15.8. The zero-order valence-corrected chi connectivity index (χ0v) is 19.0. The minimum Gasteiger partial charge on any atom is -0.465 e. The van der Waals surface area contributed by atoms with E-state index in [1.807, 2.05) is 0 Å². The van der Waals surface area contributed by atoms with Crippen molar-refractivity contribution in [2.45, 2.75) is 57.2 Å². The maximum atomic E-state index is 14.1. The van der Waals surface area contributed by atoms with Crippen molar-refractivity contribution in [3.8, 4) is 0 Å². The smallest absolute Gasteiger partial charge is 0.405 e. The summed E-state index contributed by atoms with van der Waals surface area (Å²) in [7, 11) is 0. The van der Waals surface area contributed by atoms with Crippen LogP contribution in [0.4, 0.5) is 14.9 Å². The van der Waals surface area contributed by atoms with Crippen LogP contribution in [0.2, 0.25) is 5.02 Å². The highest BCUT2D eigenvalue weighted by molar-refractivity contribution is 6.31. The summed E-state index contributed by atoms with van der Waals surface area (Å²) in [5, 5.41) is 14.5. The van der Waals surface area contributed by atoms with Gasteiger partial charge in [-0.3, -0.25) is 14.5 Å². The average molecular weight is 476 g/mol. The Hall–Kier alpha value is -3.13. The molecular weight excluding hydrogens is 449 g/mol. The molecule has 176 valence electrons. The molecule has 2 aromatic carbocycles. The van der Waals surface area contributed by atoms with Gasteiger partial charge in [-0.1, -0.05) is 55.1 Å². The lowest BCUT2D eigenvalue weighted by atomic mass is 9.94. The zero-order valence-electron chi connectivity index (χ0n) is 18.3. The Morgan fingerprint density at radius 1 is 1.09 bits per heavy atom. The lowest BCUT2D eigenvalue weighted by molar-refractivity contribution is -0.127. The molecule has 0 spiro atoms. The molecule has 2 unspecified atom stereocenters. The number of hydrogen-bond donors (Lipinski definition) is 3. The quantitative estimate of drug-likeness (QED) is 0.542. The van der Waals surface area contributed by atoms with E-state index < -0.39 is 35.8 Å². The maximum absolute atomic E-state index is 14.1. The molecular formula is C24H27ClFN3O4. The first-order valence-corrected chi connectivity index (χ1v) is 11.3. The molecule has 0 heterocycles. The minimum absolute atomic E-state index is 0.0460. The first kappa shape index (κ1) is 24.5. The van der Waals surface area contributed by atoms with E-state index in [-0.39, 0.29) is 16.8 Å². The van der Waals surface area contributed by atoms with Gasteiger partial charge >= 0.3 is 6.09 Å². The summed E-state index contributed by atoms with van der Waals surface area (Å²) in [6.45, 7) is 1.37. The molecule has 2 aromatic rings. The Morgan fingerprint density at radius 3 is 2.42 bits per heavy atom. The van der Waals surface area contributed by atoms with Crippen molar-refractivity contribution >= 4 is 35.2 Å². The number of carbonyl (C=O) groups excluding carboxylic acids is 2. The van der Waals surface area contributed by atoms with Gasteiger partial charge in [0.2, 0.25) is 11.8 Å². The Kier molecular flexibility index (Phi) is 8.27. The highest BCUT2D eigenvalue weighted by atomic mass is 35.5. The predicted molar refractivity (Wildman–Crippen MR) is 124 cm³/mol. The summed E-state index contributed by atoms with van der Waals surface area (Å²) in [5.74, 6) is -1.78. The topological polar surface area (TPSA) is 98.7 Å². The molecule has 0 bridgehead atoms. The molecule has 3 N–H and O–H groups in total. The molecule has 9 heteroatoms. The highest BCUT2D eigenvalue weighted by Crippen LogP contribution is 2.33. The average Bonchev–Trinajstić information content (AvgIpc) is 2.78. The monoisotopic (exact) mass is 475 g/mol. The lowest BCUT2D eigenvalue weighted by Crippen LogP contribution is -2.52. The van der Waals surface area contributed by atoms with E-state index in [0.29, 0.717) is 5.56 Å². The molecule has 3 rings (SSSR count). The number of carboxylic acid groups (broad SMARTS) is 1. The van der Waals surface area contributed by atoms with Crippen LogP contribution in [0.1, 0.15) is 50.6 Å². The fourth-order valence-corrected chi connectivity index (χ4v) is 4.35. The Bertz CT molecular complexity index is 1010. The second kappa shape index (κ2) is 11.1. The highest BCUT2D eigenvalue weighted by Gasteiger charge is 2.37. The number of anilines is 1. The third-order valence-corrected chi connectivity index (χ3v) is 6.04. The van der Waals surface area contributed by atoms with E-state index in [4.69, 9.17) is 16.7 Å². The number of benzene rings is 2. The number of rotatable bonds is 7. The van der Waals surface area contributed by atoms with E-state index in [0.717, 1.165) is 43.1 Å². The van der Waals surface area contributed by atoms with Crippen molar-refractivity contribution in [1.82, 2.24) is 10.6 Å². The molecule has 2 atom stereocenters. The fraction of sp³-hybridized carbons (Fsp3) is 0.375. The van der Waals surface area contributed by atoms with Gasteiger partial charge in [-0.15, -0.1) is 0 Å². The van der Waals surface area contributed by atoms with Gasteiger partial charge in [0.25, 0.3) is 0 Å². The zero-order chi connectivity index (χ0) is 24.0. The normalized spacial score (nSPS) is 15.8. The molecule has 0 saturated heterocycles. The van der Waals surface area contributed by atoms with Gasteiger partial charge in [0.15, 0.2) is 0 Å². The van der Waals surface area contributed by atoms with Gasteiger partial charge in [0.05, 0.1) is 0 Å². The Balaban J connectivity index is 2.09. The second-order valence-corrected chi connectivity index (χ2v) is 8.53. The summed E-state index contributed by atoms with van der Waals surface area (Å²) in [6.07, 6.45) is 3.35. The fourth-order valence-electron chi connectivity index (χ4n) is 4.11. The molecule has 33 heavy (non-hydrogen) atoms. The van der Waals surface area contributed by atoms with Crippen LogP contribution in [-0.2, 0) is 9.59 Å². The molecule has 7 nitrogen and oxygen atoms in total. The molecule has 1 fully saturated rings. The van der Waals surface area contributed by atoms with E-state index in [2.05, 4.69) is 10.6 Å². The number of nitrogens with one attached hydrogen (secondary N) is 2. The number of amides is 3. The van der Waals surface area contributed by atoms with E-state index in [1.54, 1.807) is 24.3 Å². The molecule has 0 aromatic heterocycles. The van der Waals surface area contributed by atoms with Crippen molar-refractivity contribution in [3.63, 3.8) is 0 Å². The van der Waals surface area contributed by atoms with Crippen molar-refractivity contribution in [2.75, 3.05) is 4.90 Å². The number of halogens is 2. The second-order valence-electron chi connectivity index (χ2n) is 8.13. The lowest BCUT2D eigenvalue weighted by Gasteiger charge is -2.35. The van der Waals surface area contributed by atoms with Crippen molar-refractivity contribution < 1.29 is 23.9 Å². The number of hydrogen-bond acceptors (Lipinski definition) is 3. The Labute approximate surface area is 196 Å². The summed E-state index contributed by atoms with van der Waals surface area (Å²) in [4.78, 5) is 39.4. The van der Waals surface area contributed by atoms with E-state index in [1.165, 1.54) is 25.1 Å². The molecule has 0 aliphatic heterocycles.